The van der Waals surface area contributed by atoms with Crippen LogP contribution in [0.1, 0.15) is 50.7 Å². The molecule has 0 heterocycles. The number of hydrogen-bond acceptors (Lipinski definition) is 2. The fourth-order valence-corrected chi connectivity index (χ4v) is 5.81. The van der Waals surface area contributed by atoms with Gasteiger partial charge in [-0.3, -0.25) is 0 Å². The molecular formula is C26H36N2. The van der Waals surface area contributed by atoms with Crippen molar-refractivity contribution in [3.63, 3.8) is 0 Å². The van der Waals surface area contributed by atoms with Crippen molar-refractivity contribution < 1.29 is 0 Å². The number of nitrogens with one attached hydrogen (secondary N) is 2. The topological polar surface area (TPSA) is 24.1 Å². The van der Waals surface area contributed by atoms with Crippen molar-refractivity contribution in [1.29, 1.82) is 0 Å². The zero-order chi connectivity index (χ0) is 19.6. The molecule has 2 nitrogen and oxygen atoms in total. The average Bonchev–Trinajstić information content (AvgIpc) is 2.72. The second-order valence-corrected chi connectivity index (χ2v) is 9.59. The van der Waals surface area contributed by atoms with E-state index >= 15 is 0 Å². The molecule has 3 aliphatic rings. The summed E-state index contributed by atoms with van der Waals surface area (Å²) in [6, 6.07) is 22.5. The average molecular weight is 377 g/mol. The summed E-state index contributed by atoms with van der Waals surface area (Å²) in [5, 5.41) is 7.57. The van der Waals surface area contributed by atoms with Crippen molar-refractivity contribution >= 4 is 0 Å². The van der Waals surface area contributed by atoms with Crippen LogP contribution in [0.15, 0.2) is 60.7 Å². The molecule has 2 bridgehead atoms. The summed E-state index contributed by atoms with van der Waals surface area (Å²) in [6.07, 6.45) is 2.82. The van der Waals surface area contributed by atoms with Crippen molar-refractivity contribution in [3.8, 4) is 0 Å². The fourth-order valence-electron chi connectivity index (χ4n) is 5.81. The van der Waals surface area contributed by atoms with E-state index in [0.717, 1.165) is 37.4 Å². The molecular weight excluding hydrogens is 340 g/mol. The second-order valence-electron chi connectivity index (χ2n) is 9.59. The Morgan fingerprint density at radius 2 is 1.50 bits per heavy atom. The maximum absolute atomic E-state index is 3.86. The molecule has 3 saturated carbocycles. The van der Waals surface area contributed by atoms with Gasteiger partial charge in [-0.2, -0.15) is 0 Å². The highest BCUT2D eigenvalue weighted by molar-refractivity contribution is 5.32. The third kappa shape index (κ3) is 3.90. The van der Waals surface area contributed by atoms with Gasteiger partial charge in [-0.25, -0.2) is 0 Å². The molecule has 0 unspecified atom stereocenters. The van der Waals surface area contributed by atoms with Gasteiger partial charge in [0.25, 0.3) is 0 Å². The Hall–Kier alpha value is -1.64. The van der Waals surface area contributed by atoms with E-state index in [9.17, 15) is 0 Å². The molecule has 4 atom stereocenters. The molecule has 0 aromatic heterocycles. The van der Waals surface area contributed by atoms with Gasteiger partial charge in [0, 0.05) is 31.6 Å². The zero-order valence-electron chi connectivity index (χ0n) is 17.7. The van der Waals surface area contributed by atoms with Gasteiger partial charge < -0.3 is 10.6 Å². The molecule has 0 radical (unpaired) electrons. The zero-order valence-corrected chi connectivity index (χ0v) is 17.7. The van der Waals surface area contributed by atoms with Crippen molar-refractivity contribution in [2.45, 2.75) is 45.6 Å². The van der Waals surface area contributed by atoms with E-state index in [1.54, 1.807) is 0 Å². The van der Waals surface area contributed by atoms with Gasteiger partial charge in [-0.15, -0.1) is 0 Å². The molecule has 28 heavy (non-hydrogen) atoms. The van der Waals surface area contributed by atoms with Crippen LogP contribution < -0.4 is 10.6 Å². The molecule has 0 saturated heterocycles. The van der Waals surface area contributed by atoms with Gasteiger partial charge in [0.1, 0.15) is 0 Å². The van der Waals surface area contributed by atoms with Crippen LogP contribution in [0.4, 0.5) is 0 Å². The Morgan fingerprint density at radius 3 is 2.04 bits per heavy atom. The summed E-state index contributed by atoms with van der Waals surface area (Å²) in [5.41, 5.74) is 3.35. The van der Waals surface area contributed by atoms with Crippen LogP contribution in [-0.2, 0) is 0 Å². The third-order valence-electron chi connectivity index (χ3n) is 7.81. The summed E-state index contributed by atoms with van der Waals surface area (Å²) in [4.78, 5) is 0. The third-order valence-corrected chi connectivity index (χ3v) is 7.81. The van der Waals surface area contributed by atoms with Crippen molar-refractivity contribution in [3.05, 3.63) is 71.8 Å². The lowest BCUT2D eigenvalue weighted by Crippen LogP contribution is -2.60. The molecule has 3 fully saturated rings. The smallest absolute Gasteiger partial charge is 0.0214 e. The standard InChI is InChI=1S/C26H36N2/c1-19-24-16-22(26(24,2)3)17-25(19)28-15-14-27-18-23(20-10-6-4-7-11-20)21-12-8-5-9-13-21/h4-13,19,22-25,27-28H,14-18H2,1-3H3/t19-,22+,24-,25-/m0/s1. The lowest BCUT2D eigenvalue weighted by molar-refractivity contribution is -0.114. The molecule has 2 aromatic carbocycles. The van der Waals surface area contributed by atoms with Crippen LogP contribution in [-0.4, -0.2) is 25.7 Å². The highest BCUT2D eigenvalue weighted by Gasteiger charge is 2.55. The minimum atomic E-state index is 0.407. The molecule has 2 heteroatoms. The van der Waals surface area contributed by atoms with Gasteiger partial charge in [0.2, 0.25) is 0 Å². The first-order chi connectivity index (χ1) is 13.6. The molecule has 0 aliphatic heterocycles. The largest absolute Gasteiger partial charge is 0.315 e. The number of benzene rings is 2. The Morgan fingerprint density at radius 1 is 0.893 bits per heavy atom. The monoisotopic (exact) mass is 376 g/mol. The minimum Gasteiger partial charge on any atom is -0.315 e. The molecule has 5 rings (SSSR count). The summed E-state index contributed by atoms with van der Waals surface area (Å²) in [7, 11) is 0. The molecule has 0 amide bonds. The van der Waals surface area contributed by atoms with Gasteiger partial charge >= 0.3 is 0 Å². The first kappa shape index (κ1) is 19.7. The van der Waals surface area contributed by atoms with Crippen molar-refractivity contribution in [2.75, 3.05) is 19.6 Å². The Labute approximate surface area is 171 Å². The first-order valence-electron chi connectivity index (χ1n) is 11.1. The maximum Gasteiger partial charge on any atom is 0.0214 e. The van der Waals surface area contributed by atoms with Crippen LogP contribution in [0.3, 0.4) is 0 Å². The maximum atomic E-state index is 3.86. The Balaban J connectivity index is 1.27. The number of rotatable bonds is 8. The highest BCUT2D eigenvalue weighted by Crippen LogP contribution is 2.61. The van der Waals surface area contributed by atoms with E-state index in [1.807, 2.05) is 0 Å². The van der Waals surface area contributed by atoms with Gasteiger partial charge in [0.15, 0.2) is 0 Å². The number of fused-ring (bicyclic) bond motifs is 2. The SMILES string of the molecule is C[C@@H]1[C@@H](NCCNCC(c2ccccc2)c2ccccc2)C[C@H]2C[C@@H]1C2(C)C. The molecule has 2 N–H and O–H groups in total. The molecule has 150 valence electrons. The number of hydrogen-bond donors (Lipinski definition) is 2. The summed E-state index contributed by atoms with van der Waals surface area (Å²) in [5.74, 6) is 3.06. The fraction of sp³-hybridized carbons (Fsp3) is 0.538. The first-order valence-corrected chi connectivity index (χ1v) is 11.1. The molecule has 3 aliphatic carbocycles. The van der Waals surface area contributed by atoms with Crippen LogP contribution in [0.25, 0.3) is 0 Å². The van der Waals surface area contributed by atoms with Crippen LogP contribution >= 0.6 is 0 Å². The van der Waals surface area contributed by atoms with Gasteiger partial charge in [-0.05, 0) is 47.1 Å². The van der Waals surface area contributed by atoms with Crippen molar-refractivity contribution in [1.82, 2.24) is 10.6 Å². The predicted octanol–water partition coefficient (Wildman–Crippen LogP) is 5.07. The molecule has 2 aromatic rings. The molecule has 0 spiro atoms. The van der Waals surface area contributed by atoms with E-state index in [0.29, 0.717) is 17.4 Å². The lowest BCUT2D eigenvalue weighted by Gasteiger charge is -2.62. The Bertz CT molecular complexity index is 700. The summed E-state index contributed by atoms with van der Waals surface area (Å²) < 4.78 is 0. The van der Waals surface area contributed by atoms with Gasteiger partial charge in [-0.1, -0.05) is 81.4 Å². The van der Waals surface area contributed by atoms with E-state index in [4.69, 9.17) is 0 Å². The lowest BCUT2D eigenvalue weighted by atomic mass is 9.45. The van der Waals surface area contributed by atoms with Crippen molar-refractivity contribution in [2.24, 2.45) is 23.2 Å². The van der Waals surface area contributed by atoms with Crippen LogP contribution in [0, 0.1) is 23.2 Å². The van der Waals surface area contributed by atoms with E-state index in [2.05, 4.69) is 92.1 Å². The highest BCUT2D eigenvalue weighted by atomic mass is 15.0. The summed E-state index contributed by atoms with van der Waals surface area (Å²) >= 11 is 0. The van der Waals surface area contributed by atoms with Crippen LogP contribution in [0.2, 0.25) is 0 Å². The Kier molecular flexibility index (Phi) is 5.89. The quantitative estimate of drug-likeness (QED) is 0.629. The van der Waals surface area contributed by atoms with E-state index in [-0.39, 0.29) is 0 Å². The second kappa shape index (κ2) is 8.39. The van der Waals surface area contributed by atoms with Gasteiger partial charge in [0.05, 0.1) is 0 Å². The van der Waals surface area contributed by atoms with E-state index < -0.39 is 0 Å². The van der Waals surface area contributed by atoms with E-state index in [1.165, 1.54) is 24.0 Å². The van der Waals surface area contributed by atoms with Crippen LogP contribution in [0.5, 0.6) is 0 Å². The normalized spacial score (nSPS) is 28.1. The summed E-state index contributed by atoms with van der Waals surface area (Å²) in [6.45, 7) is 10.5. The minimum absolute atomic E-state index is 0.407. The predicted molar refractivity (Wildman–Crippen MR) is 119 cm³/mol.